The predicted molar refractivity (Wildman–Crippen MR) is 190 cm³/mol. The molecule has 0 bridgehead atoms. The van der Waals surface area contributed by atoms with Crippen molar-refractivity contribution in [2.24, 2.45) is 0 Å². The van der Waals surface area contributed by atoms with Crippen molar-refractivity contribution in [3.8, 4) is 5.75 Å². The number of phenolic OH excluding ortho intramolecular Hbond substituents is 1. The second-order valence-electron chi connectivity index (χ2n) is 13.6. The number of imidazole rings is 1. The Morgan fingerprint density at radius 3 is 2.51 bits per heavy atom. The summed E-state index contributed by atoms with van der Waals surface area (Å²) in [4.78, 5) is 55.3. The number of anilines is 2. The number of imide groups is 1. The number of aliphatic hydroxyl groups excluding tert-OH is 4. The lowest BCUT2D eigenvalue weighted by Gasteiger charge is -2.24. The number of hydrogen-bond donors (Lipinski definition) is 9. The topological polar surface area (TPSA) is 251 Å². The maximum Gasteiger partial charge on any atom is 0.325 e. The van der Waals surface area contributed by atoms with E-state index in [0.717, 1.165) is 16.0 Å². The highest BCUT2D eigenvalue weighted by Crippen LogP contribution is 2.38. The molecule has 1 aliphatic carbocycles. The first kappa shape index (κ1) is 35.8. The van der Waals surface area contributed by atoms with Gasteiger partial charge in [-0.2, -0.15) is 9.97 Å². The quantitative estimate of drug-likeness (QED) is 0.0841. The second kappa shape index (κ2) is 15.2. The first-order valence-electron chi connectivity index (χ1n) is 17.5. The van der Waals surface area contributed by atoms with Crippen molar-refractivity contribution < 1.29 is 39.9 Å². The van der Waals surface area contributed by atoms with Gasteiger partial charge in [0, 0.05) is 25.7 Å². The molecule has 18 heteroatoms. The molecular formula is C35H42N10O8. The van der Waals surface area contributed by atoms with Crippen molar-refractivity contribution in [2.45, 2.75) is 68.2 Å². The Hall–Kier alpha value is -5.56. The maximum absolute atomic E-state index is 12.9. The lowest BCUT2D eigenvalue weighted by atomic mass is 10.1. The molecule has 2 aliphatic heterocycles. The molecule has 2 aromatic carbocycles. The number of rotatable bonds is 12. The maximum atomic E-state index is 12.9. The minimum atomic E-state index is -1.49. The number of carbonyl (C=O) groups is 3. The predicted octanol–water partition coefficient (Wildman–Crippen LogP) is -0.427. The first-order valence-corrected chi connectivity index (χ1v) is 17.5. The van der Waals surface area contributed by atoms with Gasteiger partial charge in [-0.3, -0.25) is 9.69 Å². The van der Waals surface area contributed by atoms with Gasteiger partial charge in [0.2, 0.25) is 5.95 Å². The molecule has 7 atom stereocenters. The van der Waals surface area contributed by atoms with Crippen LogP contribution < -0.4 is 26.2 Å². The summed E-state index contributed by atoms with van der Waals surface area (Å²) in [5.41, 5.74) is 2.37. The molecule has 9 N–H and O–H groups in total. The molecule has 0 spiro atoms. The standard InChI is InChI=1S/C35H42N10O8/c46-16-22(11-19-5-2-1-3-6-19)38-30-27-31(44(18-37-27)25-13-26(29(50)28(25)49)45-32(51)24(17-47)40-35(45)53)42-33(41-30)43-10-9-21(15-43)39-34(52)36-14-20-7-4-8-23(48)12-20/h1-8,12,18,21-22,24-26,28-29,46-50H,9-11,13-17H2,(H,40,53)(H2,36,39,52)(H,38,41,42)/t21?,22-,24+,25+,26-,28-,29+/m0/s1. The Balaban J connectivity index is 1.15. The molecule has 7 rings (SSSR count). The van der Waals surface area contributed by atoms with E-state index in [1.54, 1.807) is 28.8 Å². The molecule has 53 heavy (non-hydrogen) atoms. The third-order valence-electron chi connectivity index (χ3n) is 10.0. The van der Waals surface area contributed by atoms with E-state index in [2.05, 4.69) is 26.3 Å². The Morgan fingerprint density at radius 1 is 1.00 bits per heavy atom. The van der Waals surface area contributed by atoms with E-state index in [9.17, 15) is 39.9 Å². The van der Waals surface area contributed by atoms with E-state index in [1.807, 2.05) is 35.2 Å². The van der Waals surface area contributed by atoms with Gasteiger partial charge < -0.3 is 56.3 Å². The molecule has 4 heterocycles. The zero-order valence-corrected chi connectivity index (χ0v) is 28.6. The van der Waals surface area contributed by atoms with Crippen molar-refractivity contribution in [3.63, 3.8) is 0 Å². The zero-order valence-electron chi connectivity index (χ0n) is 28.6. The number of hydrogen-bond acceptors (Lipinski definition) is 13. The molecule has 2 saturated heterocycles. The smallest absolute Gasteiger partial charge is 0.325 e. The van der Waals surface area contributed by atoms with Crippen molar-refractivity contribution in [1.29, 1.82) is 0 Å². The van der Waals surface area contributed by atoms with E-state index < -0.39 is 54.9 Å². The van der Waals surface area contributed by atoms with Gasteiger partial charge in [-0.05, 0) is 42.5 Å². The lowest BCUT2D eigenvalue weighted by molar-refractivity contribution is -0.131. The van der Waals surface area contributed by atoms with Gasteiger partial charge in [0.25, 0.3) is 5.91 Å². The highest BCUT2D eigenvalue weighted by molar-refractivity contribution is 6.04. The van der Waals surface area contributed by atoms with Gasteiger partial charge in [-0.1, -0.05) is 42.5 Å². The summed E-state index contributed by atoms with van der Waals surface area (Å²) >= 11 is 0. The van der Waals surface area contributed by atoms with Crippen LogP contribution in [0.25, 0.3) is 11.2 Å². The summed E-state index contributed by atoms with van der Waals surface area (Å²) in [6, 6.07) is 11.3. The molecule has 3 fully saturated rings. The summed E-state index contributed by atoms with van der Waals surface area (Å²) < 4.78 is 1.59. The average Bonchev–Trinajstić information content (AvgIpc) is 3.93. The number of urea groups is 2. The molecular weight excluding hydrogens is 688 g/mol. The number of fused-ring (bicyclic) bond motifs is 1. The summed E-state index contributed by atoms with van der Waals surface area (Å²) in [7, 11) is 0. The second-order valence-corrected chi connectivity index (χ2v) is 13.6. The molecule has 280 valence electrons. The minimum Gasteiger partial charge on any atom is -0.508 e. The van der Waals surface area contributed by atoms with E-state index in [-0.39, 0.29) is 37.4 Å². The monoisotopic (exact) mass is 730 g/mol. The van der Waals surface area contributed by atoms with E-state index in [0.29, 0.717) is 48.9 Å². The van der Waals surface area contributed by atoms with Gasteiger partial charge in [0.15, 0.2) is 17.0 Å². The molecule has 1 unspecified atom stereocenters. The molecule has 2 aromatic heterocycles. The molecule has 1 saturated carbocycles. The molecule has 0 radical (unpaired) electrons. The van der Waals surface area contributed by atoms with E-state index in [1.165, 1.54) is 6.33 Å². The number of phenols is 1. The Kier molecular flexibility index (Phi) is 10.3. The average molecular weight is 731 g/mol. The van der Waals surface area contributed by atoms with Gasteiger partial charge in [0.05, 0.1) is 37.7 Å². The fourth-order valence-electron chi connectivity index (χ4n) is 7.29. The molecule has 3 aliphatic rings. The number of benzene rings is 2. The summed E-state index contributed by atoms with van der Waals surface area (Å²) in [6.45, 7) is 0.269. The van der Waals surface area contributed by atoms with Crippen LogP contribution in [0, 0.1) is 0 Å². The molecule has 18 nitrogen and oxygen atoms in total. The summed E-state index contributed by atoms with van der Waals surface area (Å²) in [5, 5.41) is 63.5. The van der Waals surface area contributed by atoms with Crippen LogP contribution in [-0.2, 0) is 17.8 Å². The Bertz CT molecular complexity index is 1960. The van der Waals surface area contributed by atoms with E-state index >= 15 is 0 Å². The van der Waals surface area contributed by atoms with Gasteiger partial charge in [-0.25, -0.2) is 14.6 Å². The highest BCUT2D eigenvalue weighted by Gasteiger charge is 2.52. The first-order chi connectivity index (χ1) is 25.6. The van der Waals surface area contributed by atoms with Crippen LogP contribution in [0.5, 0.6) is 5.75 Å². The normalized spacial score (nSPS) is 24.8. The van der Waals surface area contributed by atoms with Gasteiger partial charge >= 0.3 is 12.1 Å². The van der Waals surface area contributed by atoms with E-state index in [4.69, 9.17) is 9.97 Å². The molecule has 4 aromatic rings. The van der Waals surface area contributed by atoms with Gasteiger partial charge in [-0.15, -0.1) is 0 Å². The van der Waals surface area contributed by atoms with Crippen LogP contribution in [0.3, 0.4) is 0 Å². The fraction of sp³-hybridized carbons (Fsp3) is 0.429. The van der Waals surface area contributed by atoms with Crippen LogP contribution in [0.1, 0.15) is 30.0 Å². The highest BCUT2D eigenvalue weighted by atomic mass is 16.3. The number of aliphatic hydroxyl groups is 4. The number of nitrogens with one attached hydrogen (secondary N) is 4. The SMILES string of the molecule is O=C(NCc1cccc(O)c1)NC1CCN(c2nc(N[C@H](CO)Cc3ccccc3)c3ncn([C@@H]4C[C@H](N5C(=O)N[C@H](CO)C5=O)[C@@H](O)[C@H]4O)c3n2)C1. The number of amides is 5. The Labute approximate surface area is 303 Å². The Morgan fingerprint density at radius 2 is 1.77 bits per heavy atom. The van der Waals surface area contributed by atoms with Crippen molar-refractivity contribution in [1.82, 2.24) is 40.4 Å². The summed E-state index contributed by atoms with van der Waals surface area (Å²) in [6.07, 6.45) is -0.404. The van der Waals surface area contributed by atoms with Crippen molar-refractivity contribution >= 4 is 40.9 Å². The zero-order chi connectivity index (χ0) is 37.2. The number of carbonyl (C=O) groups excluding carboxylic acids is 3. The minimum absolute atomic E-state index is 0.0199. The third-order valence-corrected chi connectivity index (χ3v) is 10.0. The van der Waals surface area contributed by atoms with Crippen molar-refractivity contribution in [3.05, 3.63) is 72.1 Å². The summed E-state index contributed by atoms with van der Waals surface area (Å²) in [5.74, 6) is 0.0349. The van der Waals surface area contributed by atoms with Crippen LogP contribution in [0.4, 0.5) is 21.4 Å². The number of aromatic nitrogens is 4. The third kappa shape index (κ3) is 7.39. The number of nitrogens with zero attached hydrogens (tertiary/aromatic N) is 6. The largest absolute Gasteiger partial charge is 0.508 e. The lowest BCUT2D eigenvalue weighted by Crippen LogP contribution is -2.47. The van der Waals surface area contributed by atoms with Crippen LogP contribution >= 0.6 is 0 Å². The van der Waals surface area contributed by atoms with Crippen molar-refractivity contribution in [2.75, 3.05) is 36.5 Å². The fourth-order valence-corrected chi connectivity index (χ4v) is 7.29. The van der Waals surface area contributed by atoms with Crippen LogP contribution in [0.2, 0.25) is 0 Å². The number of aromatic hydroxyl groups is 1. The van der Waals surface area contributed by atoms with Crippen LogP contribution in [0.15, 0.2) is 60.9 Å². The van der Waals surface area contributed by atoms with Crippen LogP contribution in [-0.4, -0.2) is 131 Å². The van der Waals surface area contributed by atoms with Gasteiger partial charge in [0.1, 0.15) is 24.0 Å². The molecule has 5 amide bonds.